The molecule has 0 spiro atoms. The number of para-hydroxylation sites is 1. The molecule has 1 fully saturated rings. The van der Waals surface area contributed by atoms with Crippen LogP contribution in [0.25, 0.3) is 11.5 Å². The summed E-state index contributed by atoms with van der Waals surface area (Å²) in [7, 11) is 0. The fraction of sp³-hybridized carbons (Fsp3) is 0.348. The van der Waals surface area contributed by atoms with Gasteiger partial charge in [-0.25, -0.2) is 0 Å². The highest BCUT2D eigenvalue weighted by atomic mass is 16.4. The number of amides is 1. The zero-order valence-corrected chi connectivity index (χ0v) is 16.8. The van der Waals surface area contributed by atoms with E-state index in [1.54, 1.807) is 0 Å². The van der Waals surface area contributed by atoms with Gasteiger partial charge in [-0.1, -0.05) is 35.9 Å². The monoisotopic (exact) mass is 390 g/mol. The second-order valence-electron chi connectivity index (χ2n) is 7.66. The van der Waals surface area contributed by atoms with Gasteiger partial charge in [0.25, 0.3) is 0 Å². The standard InChI is InChI=1S/C23H26N4O2/c1-16-7-6-8-19(15-16)23-26-25-22(29-23)17(2)27-13-11-18(12-14-27)21(28)24-20-9-4-3-5-10-20/h3-10,15,17-18H,11-14H2,1-2H3,(H,24,28)/t17-/m0/s1. The van der Waals surface area contributed by atoms with Crippen LogP contribution in [0.2, 0.25) is 0 Å². The van der Waals surface area contributed by atoms with E-state index in [0.717, 1.165) is 42.7 Å². The summed E-state index contributed by atoms with van der Waals surface area (Å²) >= 11 is 0. The average molecular weight is 390 g/mol. The molecule has 0 saturated carbocycles. The second kappa shape index (κ2) is 8.57. The van der Waals surface area contributed by atoms with Gasteiger partial charge in [0.05, 0.1) is 6.04 Å². The lowest BCUT2D eigenvalue weighted by molar-refractivity contribution is -0.121. The Morgan fingerprint density at radius 3 is 2.59 bits per heavy atom. The smallest absolute Gasteiger partial charge is 0.247 e. The van der Waals surface area contributed by atoms with E-state index >= 15 is 0 Å². The Hall–Kier alpha value is -2.99. The van der Waals surface area contributed by atoms with E-state index in [2.05, 4.69) is 27.3 Å². The van der Waals surface area contributed by atoms with Gasteiger partial charge < -0.3 is 9.73 Å². The Morgan fingerprint density at radius 1 is 1.10 bits per heavy atom. The van der Waals surface area contributed by atoms with Crippen LogP contribution in [0.1, 0.15) is 37.3 Å². The zero-order valence-electron chi connectivity index (χ0n) is 16.8. The quantitative estimate of drug-likeness (QED) is 0.697. The number of likely N-dealkylation sites (tertiary alicyclic amines) is 1. The number of nitrogens with one attached hydrogen (secondary N) is 1. The van der Waals surface area contributed by atoms with E-state index in [4.69, 9.17) is 4.42 Å². The number of aromatic nitrogens is 2. The van der Waals surface area contributed by atoms with Crippen LogP contribution in [0.4, 0.5) is 5.69 Å². The number of hydrogen-bond acceptors (Lipinski definition) is 5. The SMILES string of the molecule is Cc1cccc(-c2nnc([C@H](C)N3CCC(C(=O)Nc4ccccc4)CC3)o2)c1. The summed E-state index contributed by atoms with van der Waals surface area (Å²) in [5.74, 6) is 1.30. The Kier molecular flexibility index (Phi) is 5.71. The molecule has 2 heterocycles. The number of piperidine rings is 1. The average Bonchev–Trinajstić information content (AvgIpc) is 3.24. The van der Waals surface area contributed by atoms with Gasteiger partial charge in [-0.3, -0.25) is 9.69 Å². The molecular formula is C23H26N4O2. The lowest BCUT2D eigenvalue weighted by Crippen LogP contribution is -2.39. The van der Waals surface area contributed by atoms with Gasteiger partial charge in [0.15, 0.2) is 0 Å². The molecule has 1 aliphatic rings. The van der Waals surface area contributed by atoms with Crippen LogP contribution in [0.15, 0.2) is 59.0 Å². The van der Waals surface area contributed by atoms with Crippen molar-refractivity contribution in [2.45, 2.75) is 32.7 Å². The van der Waals surface area contributed by atoms with Crippen LogP contribution < -0.4 is 5.32 Å². The van der Waals surface area contributed by atoms with Crippen molar-refractivity contribution >= 4 is 11.6 Å². The molecule has 6 heteroatoms. The molecule has 1 atom stereocenters. The lowest BCUT2D eigenvalue weighted by Gasteiger charge is -2.33. The van der Waals surface area contributed by atoms with Gasteiger partial charge in [0.2, 0.25) is 17.7 Å². The number of aryl methyl sites for hydroxylation is 1. The molecule has 0 radical (unpaired) electrons. The van der Waals surface area contributed by atoms with Crippen LogP contribution >= 0.6 is 0 Å². The highest BCUT2D eigenvalue weighted by Gasteiger charge is 2.29. The van der Waals surface area contributed by atoms with Gasteiger partial charge in [0, 0.05) is 17.2 Å². The molecule has 6 nitrogen and oxygen atoms in total. The first-order valence-corrected chi connectivity index (χ1v) is 10.1. The van der Waals surface area contributed by atoms with Crippen LogP contribution in [-0.2, 0) is 4.79 Å². The Labute approximate surface area is 170 Å². The van der Waals surface area contributed by atoms with Gasteiger partial charge in [0.1, 0.15) is 0 Å². The largest absolute Gasteiger partial charge is 0.419 e. The molecule has 1 saturated heterocycles. The summed E-state index contributed by atoms with van der Waals surface area (Å²) in [5, 5.41) is 11.5. The number of hydrogen-bond donors (Lipinski definition) is 1. The van der Waals surface area contributed by atoms with E-state index in [9.17, 15) is 4.79 Å². The van der Waals surface area contributed by atoms with Crippen molar-refractivity contribution in [1.82, 2.24) is 15.1 Å². The second-order valence-corrected chi connectivity index (χ2v) is 7.66. The molecule has 150 valence electrons. The summed E-state index contributed by atoms with van der Waals surface area (Å²) in [6.45, 7) is 5.78. The molecule has 2 aromatic carbocycles. The third-order valence-electron chi connectivity index (χ3n) is 5.55. The van der Waals surface area contributed by atoms with Gasteiger partial charge in [-0.15, -0.1) is 10.2 Å². The topological polar surface area (TPSA) is 71.3 Å². The summed E-state index contributed by atoms with van der Waals surface area (Å²) < 4.78 is 5.95. The van der Waals surface area contributed by atoms with Crippen molar-refractivity contribution in [1.29, 1.82) is 0 Å². The van der Waals surface area contributed by atoms with Crippen molar-refractivity contribution in [2.75, 3.05) is 18.4 Å². The molecule has 1 aromatic heterocycles. The summed E-state index contributed by atoms with van der Waals surface area (Å²) in [6.07, 6.45) is 1.64. The molecule has 0 unspecified atom stereocenters. The fourth-order valence-electron chi connectivity index (χ4n) is 3.77. The lowest BCUT2D eigenvalue weighted by atomic mass is 9.95. The fourth-order valence-corrected chi connectivity index (χ4v) is 3.77. The van der Waals surface area contributed by atoms with Crippen LogP contribution in [-0.4, -0.2) is 34.1 Å². The minimum Gasteiger partial charge on any atom is -0.419 e. The van der Waals surface area contributed by atoms with E-state index in [-0.39, 0.29) is 17.9 Å². The molecule has 4 rings (SSSR count). The van der Waals surface area contributed by atoms with Crippen molar-refractivity contribution in [3.63, 3.8) is 0 Å². The molecular weight excluding hydrogens is 364 g/mol. The number of benzene rings is 2. The van der Waals surface area contributed by atoms with Crippen molar-refractivity contribution < 1.29 is 9.21 Å². The molecule has 3 aromatic rings. The molecule has 1 amide bonds. The molecule has 1 N–H and O–H groups in total. The van der Waals surface area contributed by atoms with Crippen LogP contribution in [0.3, 0.4) is 0 Å². The van der Waals surface area contributed by atoms with Gasteiger partial charge in [-0.2, -0.15) is 0 Å². The zero-order chi connectivity index (χ0) is 20.2. The first-order valence-electron chi connectivity index (χ1n) is 10.1. The van der Waals surface area contributed by atoms with E-state index in [0.29, 0.717) is 11.8 Å². The maximum absolute atomic E-state index is 12.5. The first-order chi connectivity index (χ1) is 14.1. The highest BCUT2D eigenvalue weighted by Crippen LogP contribution is 2.28. The predicted molar refractivity (Wildman–Crippen MR) is 112 cm³/mol. The van der Waals surface area contributed by atoms with Gasteiger partial charge >= 0.3 is 0 Å². The summed E-state index contributed by atoms with van der Waals surface area (Å²) in [4.78, 5) is 14.8. The third kappa shape index (κ3) is 4.54. The highest BCUT2D eigenvalue weighted by molar-refractivity contribution is 5.92. The van der Waals surface area contributed by atoms with Crippen molar-refractivity contribution in [2.24, 2.45) is 5.92 Å². The minimum atomic E-state index is 0.0270. The molecule has 29 heavy (non-hydrogen) atoms. The van der Waals surface area contributed by atoms with E-state index in [1.165, 1.54) is 0 Å². The number of rotatable bonds is 5. The van der Waals surface area contributed by atoms with E-state index in [1.807, 2.05) is 61.5 Å². The molecule has 1 aliphatic heterocycles. The van der Waals surface area contributed by atoms with Crippen LogP contribution in [0, 0.1) is 12.8 Å². The number of nitrogens with zero attached hydrogens (tertiary/aromatic N) is 3. The normalized spacial score (nSPS) is 16.5. The summed E-state index contributed by atoms with van der Waals surface area (Å²) in [5.41, 5.74) is 2.95. The molecule has 0 aliphatic carbocycles. The maximum atomic E-state index is 12.5. The number of carbonyl (C=O) groups excluding carboxylic acids is 1. The third-order valence-corrected chi connectivity index (χ3v) is 5.55. The number of carbonyl (C=O) groups is 1. The Balaban J connectivity index is 1.34. The Morgan fingerprint density at radius 2 is 1.86 bits per heavy atom. The Bertz CT molecular complexity index is 962. The van der Waals surface area contributed by atoms with Gasteiger partial charge in [-0.05, 0) is 64.0 Å². The minimum absolute atomic E-state index is 0.0270. The number of anilines is 1. The van der Waals surface area contributed by atoms with E-state index < -0.39 is 0 Å². The summed E-state index contributed by atoms with van der Waals surface area (Å²) in [6, 6.07) is 17.7. The predicted octanol–water partition coefficient (Wildman–Crippen LogP) is 4.46. The first kappa shape index (κ1) is 19.3. The van der Waals surface area contributed by atoms with Crippen molar-refractivity contribution in [3.05, 3.63) is 66.1 Å². The van der Waals surface area contributed by atoms with Crippen LogP contribution in [0.5, 0.6) is 0 Å². The molecule has 0 bridgehead atoms. The van der Waals surface area contributed by atoms with Crippen molar-refractivity contribution in [3.8, 4) is 11.5 Å². The maximum Gasteiger partial charge on any atom is 0.247 e.